The fraction of sp³-hybridized carbons (Fsp3) is 0.409. The van der Waals surface area contributed by atoms with Crippen LogP contribution in [-0.4, -0.2) is 32.8 Å². The van der Waals surface area contributed by atoms with Crippen molar-refractivity contribution >= 4 is 11.6 Å². The van der Waals surface area contributed by atoms with Gasteiger partial charge >= 0.3 is 0 Å². The third-order valence-electron chi connectivity index (χ3n) is 5.20. The molecule has 0 bridgehead atoms. The number of anilines is 1. The summed E-state index contributed by atoms with van der Waals surface area (Å²) in [6.07, 6.45) is 1.86. The number of nitrogens with two attached hydrogens (primary N) is 1. The van der Waals surface area contributed by atoms with Crippen LogP contribution in [0.5, 0.6) is 5.75 Å². The third-order valence-corrected chi connectivity index (χ3v) is 5.20. The Morgan fingerprint density at radius 2 is 1.74 bits per heavy atom. The standard InChI is InChI=1S/C22H29N3O2/c1-16-12-17(2)14-19(13-16)25-21(23)24-15-22(8-10-27-11-9-22)18-4-6-20(26-3)7-5-18/h4-7,12-14H,8-11,15H2,1-3H3,(H3,23,24,25). The van der Waals surface area contributed by atoms with Crippen molar-refractivity contribution in [3.05, 3.63) is 59.2 Å². The van der Waals surface area contributed by atoms with Crippen molar-refractivity contribution in [3.63, 3.8) is 0 Å². The summed E-state index contributed by atoms with van der Waals surface area (Å²) in [5.74, 6) is 1.31. The first-order valence-electron chi connectivity index (χ1n) is 9.38. The van der Waals surface area contributed by atoms with Crippen molar-refractivity contribution < 1.29 is 9.47 Å². The van der Waals surface area contributed by atoms with E-state index in [1.54, 1.807) is 7.11 Å². The molecule has 2 aromatic carbocycles. The number of aryl methyl sites for hydroxylation is 2. The number of guanidine groups is 1. The van der Waals surface area contributed by atoms with Crippen LogP contribution in [0.3, 0.4) is 0 Å². The highest BCUT2D eigenvalue weighted by molar-refractivity contribution is 5.92. The van der Waals surface area contributed by atoms with E-state index < -0.39 is 0 Å². The van der Waals surface area contributed by atoms with Crippen LogP contribution in [0.25, 0.3) is 0 Å². The average Bonchev–Trinajstić information content (AvgIpc) is 2.66. The first-order valence-corrected chi connectivity index (χ1v) is 9.38. The first kappa shape index (κ1) is 19.2. The molecular formula is C22H29N3O2. The van der Waals surface area contributed by atoms with E-state index >= 15 is 0 Å². The van der Waals surface area contributed by atoms with E-state index in [4.69, 9.17) is 20.2 Å². The lowest BCUT2D eigenvalue weighted by molar-refractivity contribution is 0.0531. The van der Waals surface area contributed by atoms with Gasteiger partial charge in [-0.15, -0.1) is 0 Å². The second kappa shape index (κ2) is 8.44. The molecule has 5 nitrogen and oxygen atoms in total. The summed E-state index contributed by atoms with van der Waals surface area (Å²) in [6.45, 7) is 6.27. The fourth-order valence-electron chi connectivity index (χ4n) is 3.72. The van der Waals surface area contributed by atoms with Gasteiger partial charge in [0.15, 0.2) is 5.96 Å². The summed E-state index contributed by atoms with van der Waals surface area (Å²) < 4.78 is 10.9. The largest absolute Gasteiger partial charge is 0.497 e. The van der Waals surface area contributed by atoms with E-state index in [1.807, 2.05) is 12.1 Å². The van der Waals surface area contributed by atoms with Crippen molar-refractivity contribution in [3.8, 4) is 5.75 Å². The monoisotopic (exact) mass is 367 g/mol. The van der Waals surface area contributed by atoms with E-state index in [2.05, 4.69) is 49.5 Å². The molecule has 0 unspecified atom stereocenters. The van der Waals surface area contributed by atoms with Gasteiger partial charge in [0.25, 0.3) is 0 Å². The highest BCUT2D eigenvalue weighted by atomic mass is 16.5. The smallest absolute Gasteiger partial charge is 0.193 e. The lowest BCUT2D eigenvalue weighted by Gasteiger charge is -2.36. The van der Waals surface area contributed by atoms with Crippen LogP contribution in [0.15, 0.2) is 47.5 Å². The number of nitrogens with zero attached hydrogens (tertiary/aromatic N) is 1. The molecule has 0 radical (unpaired) electrons. The molecule has 3 N–H and O–H groups in total. The Morgan fingerprint density at radius 1 is 1.11 bits per heavy atom. The van der Waals surface area contributed by atoms with Crippen LogP contribution in [0.2, 0.25) is 0 Å². The number of hydrogen-bond acceptors (Lipinski definition) is 3. The van der Waals surface area contributed by atoms with Crippen LogP contribution in [0, 0.1) is 13.8 Å². The van der Waals surface area contributed by atoms with Crippen LogP contribution < -0.4 is 15.8 Å². The molecule has 1 aliphatic rings. The van der Waals surface area contributed by atoms with Crippen LogP contribution in [-0.2, 0) is 10.2 Å². The van der Waals surface area contributed by atoms with Gasteiger partial charge in [-0.1, -0.05) is 18.2 Å². The van der Waals surface area contributed by atoms with Crippen LogP contribution in [0.4, 0.5) is 5.69 Å². The van der Waals surface area contributed by atoms with Crippen molar-refractivity contribution in [1.82, 2.24) is 0 Å². The lowest BCUT2D eigenvalue weighted by atomic mass is 9.74. The Balaban J connectivity index is 1.78. The van der Waals surface area contributed by atoms with Gasteiger partial charge in [0.05, 0.1) is 13.7 Å². The number of rotatable bonds is 5. The summed E-state index contributed by atoms with van der Waals surface area (Å²) in [5.41, 5.74) is 10.8. The van der Waals surface area contributed by atoms with Crippen molar-refractivity contribution in [2.45, 2.75) is 32.1 Å². The predicted molar refractivity (Wildman–Crippen MR) is 111 cm³/mol. The van der Waals surface area contributed by atoms with E-state index in [0.29, 0.717) is 12.5 Å². The van der Waals surface area contributed by atoms with Gasteiger partial charge in [-0.3, -0.25) is 4.99 Å². The van der Waals surface area contributed by atoms with Crippen LogP contribution in [0.1, 0.15) is 29.5 Å². The molecule has 0 spiro atoms. The topological polar surface area (TPSA) is 68.9 Å². The summed E-state index contributed by atoms with van der Waals surface area (Å²) in [6, 6.07) is 14.6. The Hall–Kier alpha value is -2.53. The Bertz CT molecular complexity index is 773. The van der Waals surface area contributed by atoms with E-state index in [-0.39, 0.29) is 5.41 Å². The molecule has 2 aromatic rings. The summed E-state index contributed by atoms with van der Waals surface area (Å²) in [7, 11) is 1.68. The third kappa shape index (κ3) is 4.80. The number of hydrogen-bond donors (Lipinski definition) is 2. The zero-order valence-electron chi connectivity index (χ0n) is 16.4. The molecular weight excluding hydrogens is 338 g/mol. The molecule has 0 aliphatic carbocycles. The Labute approximate surface area is 161 Å². The van der Waals surface area contributed by atoms with Gasteiger partial charge < -0.3 is 20.5 Å². The zero-order chi connectivity index (χ0) is 19.3. The number of nitrogens with one attached hydrogen (secondary N) is 1. The number of aliphatic imine (C=N–C) groups is 1. The van der Waals surface area contributed by atoms with Gasteiger partial charge in [-0.2, -0.15) is 0 Å². The van der Waals surface area contributed by atoms with Crippen LogP contribution >= 0.6 is 0 Å². The predicted octanol–water partition coefficient (Wildman–Crippen LogP) is 3.79. The van der Waals surface area contributed by atoms with Gasteiger partial charge in [0.1, 0.15) is 5.75 Å². The number of benzene rings is 2. The summed E-state index contributed by atoms with van der Waals surface area (Å²) in [5, 5.41) is 3.23. The lowest BCUT2D eigenvalue weighted by Crippen LogP contribution is -2.38. The Morgan fingerprint density at radius 3 is 2.33 bits per heavy atom. The fourth-order valence-corrected chi connectivity index (χ4v) is 3.72. The quantitative estimate of drug-likeness (QED) is 0.623. The minimum atomic E-state index is -0.0562. The molecule has 0 aromatic heterocycles. The maximum absolute atomic E-state index is 6.19. The molecule has 5 heteroatoms. The number of ether oxygens (including phenoxy) is 2. The molecule has 1 fully saturated rings. The molecule has 3 rings (SSSR count). The first-order chi connectivity index (χ1) is 13.0. The molecule has 144 valence electrons. The molecule has 27 heavy (non-hydrogen) atoms. The van der Waals surface area contributed by atoms with Crippen molar-refractivity contribution in [2.75, 3.05) is 32.2 Å². The maximum Gasteiger partial charge on any atom is 0.193 e. The molecule has 0 amide bonds. The van der Waals surface area contributed by atoms with Crippen molar-refractivity contribution in [1.29, 1.82) is 0 Å². The van der Waals surface area contributed by atoms with E-state index in [9.17, 15) is 0 Å². The molecule has 1 aliphatic heterocycles. The van der Waals surface area contributed by atoms with Gasteiger partial charge in [-0.05, 0) is 67.6 Å². The van der Waals surface area contributed by atoms with E-state index in [0.717, 1.165) is 37.5 Å². The molecule has 0 atom stereocenters. The SMILES string of the molecule is COc1ccc(C2(CN=C(N)Nc3cc(C)cc(C)c3)CCOCC2)cc1. The highest BCUT2D eigenvalue weighted by Crippen LogP contribution is 2.36. The summed E-state index contributed by atoms with van der Waals surface area (Å²) >= 11 is 0. The second-order valence-electron chi connectivity index (χ2n) is 7.32. The Kier molecular flexibility index (Phi) is 6.01. The zero-order valence-corrected chi connectivity index (χ0v) is 16.4. The van der Waals surface area contributed by atoms with Gasteiger partial charge in [0.2, 0.25) is 0 Å². The average molecular weight is 367 g/mol. The van der Waals surface area contributed by atoms with E-state index in [1.165, 1.54) is 16.7 Å². The summed E-state index contributed by atoms with van der Waals surface area (Å²) in [4.78, 5) is 4.69. The van der Waals surface area contributed by atoms with Crippen molar-refractivity contribution in [2.24, 2.45) is 10.7 Å². The molecule has 1 saturated heterocycles. The highest BCUT2D eigenvalue weighted by Gasteiger charge is 2.34. The normalized spacial score (nSPS) is 16.8. The minimum absolute atomic E-state index is 0.0562. The second-order valence-corrected chi connectivity index (χ2v) is 7.32. The number of methoxy groups -OCH3 is 1. The minimum Gasteiger partial charge on any atom is -0.497 e. The van der Waals surface area contributed by atoms with Gasteiger partial charge in [-0.25, -0.2) is 0 Å². The molecule has 1 heterocycles. The molecule has 0 saturated carbocycles. The maximum atomic E-state index is 6.19. The van der Waals surface area contributed by atoms with Gasteiger partial charge in [0, 0.05) is 24.3 Å².